The molecule has 0 fully saturated rings. The summed E-state index contributed by atoms with van der Waals surface area (Å²) in [5.41, 5.74) is 6.61. The molecule has 0 saturated carbocycles. The van der Waals surface area contributed by atoms with Gasteiger partial charge in [0.05, 0.1) is 5.69 Å². The molecule has 116 valence electrons. The van der Waals surface area contributed by atoms with Crippen LogP contribution in [0.15, 0.2) is 18.2 Å². The summed E-state index contributed by atoms with van der Waals surface area (Å²) in [4.78, 5) is 23.2. The van der Waals surface area contributed by atoms with Crippen molar-refractivity contribution in [3.63, 3.8) is 0 Å². The maximum absolute atomic E-state index is 12.0. The molecule has 0 aliphatic carbocycles. The zero-order chi connectivity index (χ0) is 15.8. The Morgan fingerprint density at radius 2 is 2.05 bits per heavy atom. The van der Waals surface area contributed by atoms with Crippen LogP contribution in [0.1, 0.15) is 30.6 Å². The van der Waals surface area contributed by atoms with Gasteiger partial charge in [0, 0.05) is 19.2 Å². The van der Waals surface area contributed by atoms with Crippen molar-refractivity contribution in [2.24, 2.45) is 5.92 Å². The molecule has 0 atom stereocenters. The van der Waals surface area contributed by atoms with Crippen molar-refractivity contribution in [1.82, 2.24) is 10.6 Å². The van der Waals surface area contributed by atoms with E-state index in [9.17, 15) is 9.59 Å². The third kappa shape index (κ3) is 5.72. The summed E-state index contributed by atoms with van der Waals surface area (Å²) in [7, 11) is 1.52. The van der Waals surface area contributed by atoms with Crippen molar-refractivity contribution in [3.8, 4) is 5.75 Å². The highest BCUT2D eigenvalue weighted by atomic mass is 16.5. The van der Waals surface area contributed by atoms with E-state index in [4.69, 9.17) is 10.5 Å². The van der Waals surface area contributed by atoms with Gasteiger partial charge in [0.1, 0.15) is 5.75 Å². The smallest absolute Gasteiger partial charge is 0.257 e. The Balaban J connectivity index is 2.67. The lowest BCUT2D eigenvalue weighted by molar-refractivity contribution is -0.122. The number of ether oxygens (including phenoxy) is 1. The lowest BCUT2D eigenvalue weighted by atomic mass is 10.1. The molecule has 1 aromatic carbocycles. The lowest BCUT2D eigenvalue weighted by Crippen LogP contribution is -2.26. The fourth-order valence-corrected chi connectivity index (χ4v) is 1.59. The van der Waals surface area contributed by atoms with Gasteiger partial charge in [-0.25, -0.2) is 0 Å². The normalized spacial score (nSPS) is 10.3. The van der Waals surface area contributed by atoms with Crippen molar-refractivity contribution in [1.29, 1.82) is 0 Å². The third-order valence-corrected chi connectivity index (χ3v) is 2.92. The van der Waals surface area contributed by atoms with Crippen LogP contribution in [0.25, 0.3) is 0 Å². The highest BCUT2D eigenvalue weighted by molar-refractivity contribution is 5.95. The Kier molecular flexibility index (Phi) is 6.52. The molecule has 0 unspecified atom stereocenters. The highest BCUT2D eigenvalue weighted by Gasteiger charge is 2.10. The monoisotopic (exact) mass is 293 g/mol. The van der Waals surface area contributed by atoms with Gasteiger partial charge in [-0.2, -0.15) is 0 Å². The molecule has 0 aliphatic heterocycles. The summed E-state index contributed by atoms with van der Waals surface area (Å²) in [6.07, 6.45) is 0.917. The molecule has 6 nitrogen and oxygen atoms in total. The molecule has 0 aromatic heterocycles. The van der Waals surface area contributed by atoms with Crippen LogP contribution in [-0.4, -0.2) is 32.0 Å². The van der Waals surface area contributed by atoms with Gasteiger partial charge in [0.25, 0.3) is 11.8 Å². The number of carbonyl (C=O) groups excluding carboxylic acids is 2. The number of anilines is 1. The molecule has 0 aliphatic rings. The summed E-state index contributed by atoms with van der Waals surface area (Å²) < 4.78 is 5.31. The van der Waals surface area contributed by atoms with Crippen molar-refractivity contribution in [2.45, 2.75) is 20.3 Å². The van der Waals surface area contributed by atoms with Gasteiger partial charge in [-0.1, -0.05) is 13.8 Å². The van der Waals surface area contributed by atoms with Crippen LogP contribution >= 0.6 is 0 Å². The predicted octanol–water partition coefficient (Wildman–Crippen LogP) is 1.17. The summed E-state index contributed by atoms with van der Waals surface area (Å²) in [6.45, 7) is 4.68. The van der Waals surface area contributed by atoms with Crippen LogP contribution in [-0.2, 0) is 4.79 Å². The molecule has 0 saturated heterocycles. The first-order valence-corrected chi connectivity index (χ1v) is 6.95. The molecule has 0 heterocycles. The van der Waals surface area contributed by atoms with E-state index in [1.807, 2.05) is 0 Å². The van der Waals surface area contributed by atoms with Crippen LogP contribution in [0.4, 0.5) is 5.69 Å². The Morgan fingerprint density at radius 3 is 2.67 bits per heavy atom. The standard InChI is InChI=1S/C15H23N3O3/c1-10(2)6-7-18-15(20)11-4-5-12(16)13(8-11)21-9-14(19)17-3/h4-5,8,10H,6-7,9,16H2,1-3H3,(H,17,19)(H,18,20). The van der Waals surface area contributed by atoms with E-state index in [1.165, 1.54) is 7.05 Å². The number of amides is 2. The molecule has 21 heavy (non-hydrogen) atoms. The van der Waals surface area contributed by atoms with E-state index >= 15 is 0 Å². The van der Waals surface area contributed by atoms with Crippen molar-refractivity contribution in [3.05, 3.63) is 23.8 Å². The quantitative estimate of drug-likeness (QED) is 0.658. The van der Waals surface area contributed by atoms with Crippen LogP contribution < -0.4 is 21.1 Å². The molecular formula is C15H23N3O3. The van der Waals surface area contributed by atoms with Crippen LogP contribution in [0.2, 0.25) is 0 Å². The van der Waals surface area contributed by atoms with E-state index in [-0.39, 0.29) is 18.4 Å². The molecule has 2 amide bonds. The number of rotatable bonds is 7. The van der Waals surface area contributed by atoms with Crippen LogP contribution in [0.3, 0.4) is 0 Å². The molecule has 4 N–H and O–H groups in total. The van der Waals surface area contributed by atoms with E-state index in [2.05, 4.69) is 24.5 Å². The number of hydrogen-bond donors (Lipinski definition) is 3. The maximum Gasteiger partial charge on any atom is 0.257 e. The predicted molar refractivity (Wildman–Crippen MR) is 82.2 cm³/mol. The third-order valence-electron chi connectivity index (χ3n) is 2.92. The van der Waals surface area contributed by atoms with Gasteiger partial charge in [0.2, 0.25) is 0 Å². The zero-order valence-corrected chi connectivity index (χ0v) is 12.7. The molecule has 0 radical (unpaired) electrons. The van der Waals surface area contributed by atoms with Crippen molar-refractivity contribution < 1.29 is 14.3 Å². The van der Waals surface area contributed by atoms with E-state index < -0.39 is 0 Å². The zero-order valence-electron chi connectivity index (χ0n) is 12.7. The largest absolute Gasteiger partial charge is 0.482 e. The number of benzene rings is 1. The first-order chi connectivity index (χ1) is 9.93. The molecular weight excluding hydrogens is 270 g/mol. The Labute approximate surface area is 125 Å². The van der Waals surface area contributed by atoms with Gasteiger partial charge in [-0.05, 0) is 30.5 Å². The minimum atomic E-state index is -0.263. The average molecular weight is 293 g/mol. The van der Waals surface area contributed by atoms with E-state index in [0.29, 0.717) is 29.5 Å². The van der Waals surface area contributed by atoms with Gasteiger partial charge >= 0.3 is 0 Å². The first-order valence-electron chi connectivity index (χ1n) is 6.95. The second-order valence-corrected chi connectivity index (χ2v) is 5.15. The molecule has 1 rings (SSSR count). The van der Waals surface area contributed by atoms with Gasteiger partial charge in [0.15, 0.2) is 6.61 Å². The van der Waals surface area contributed by atoms with Crippen molar-refractivity contribution in [2.75, 3.05) is 25.9 Å². The Bertz CT molecular complexity index is 501. The number of nitrogen functional groups attached to an aromatic ring is 1. The fraction of sp³-hybridized carbons (Fsp3) is 0.467. The topological polar surface area (TPSA) is 93.4 Å². The minimum Gasteiger partial charge on any atom is -0.482 e. The van der Waals surface area contributed by atoms with Gasteiger partial charge in [-0.3, -0.25) is 9.59 Å². The average Bonchev–Trinajstić information content (AvgIpc) is 2.45. The number of hydrogen-bond acceptors (Lipinski definition) is 4. The molecule has 0 bridgehead atoms. The summed E-state index contributed by atoms with van der Waals surface area (Å²) in [5.74, 6) is 0.417. The SMILES string of the molecule is CNC(=O)COc1cc(C(=O)NCCC(C)C)ccc1N. The molecule has 0 spiro atoms. The fourth-order valence-electron chi connectivity index (χ4n) is 1.59. The second-order valence-electron chi connectivity index (χ2n) is 5.15. The van der Waals surface area contributed by atoms with Crippen LogP contribution in [0, 0.1) is 5.92 Å². The lowest BCUT2D eigenvalue weighted by Gasteiger charge is -2.11. The number of nitrogens with two attached hydrogens (primary N) is 1. The Morgan fingerprint density at radius 1 is 1.33 bits per heavy atom. The van der Waals surface area contributed by atoms with E-state index in [1.54, 1.807) is 18.2 Å². The Hall–Kier alpha value is -2.24. The maximum atomic E-state index is 12.0. The minimum absolute atomic E-state index is 0.140. The second kappa shape index (κ2) is 8.14. The number of nitrogens with one attached hydrogen (secondary N) is 2. The van der Waals surface area contributed by atoms with Crippen LogP contribution in [0.5, 0.6) is 5.75 Å². The first kappa shape index (κ1) is 16.8. The van der Waals surface area contributed by atoms with E-state index in [0.717, 1.165) is 6.42 Å². The van der Waals surface area contributed by atoms with Gasteiger partial charge < -0.3 is 21.1 Å². The summed E-state index contributed by atoms with van der Waals surface area (Å²) >= 11 is 0. The van der Waals surface area contributed by atoms with Crippen molar-refractivity contribution >= 4 is 17.5 Å². The molecule has 6 heteroatoms. The summed E-state index contributed by atoms with van der Waals surface area (Å²) in [5, 5.41) is 5.28. The molecule has 1 aromatic rings. The van der Waals surface area contributed by atoms with Gasteiger partial charge in [-0.15, -0.1) is 0 Å². The summed E-state index contributed by atoms with van der Waals surface area (Å²) in [6, 6.07) is 4.77. The highest BCUT2D eigenvalue weighted by Crippen LogP contribution is 2.22. The number of carbonyl (C=O) groups is 2. The number of likely N-dealkylation sites (N-methyl/N-ethyl adjacent to an activating group) is 1.